The van der Waals surface area contributed by atoms with Crippen molar-refractivity contribution in [3.05, 3.63) is 0 Å². The average molecular weight is 228 g/mol. The second-order valence-electron chi connectivity index (χ2n) is 4.23. The summed E-state index contributed by atoms with van der Waals surface area (Å²) in [6.45, 7) is 8.05. The fourth-order valence-electron chi connectivity index (χ4n) is 1.50. The summed E-state index contributed by atoms with van der Waals surface area (Å²) in [7, 11) is 0. The Hall–Kier alpha value is -0.940. The molecule has 1 rings (SSSR count). The van der Waals surface area contributed by atoms with Gasteiger partial charge >= 0.3 is 0 Å². The van der Waals surface area contributed by atoms with Crippen LogP contribution < -0.4 is 5.32 Å². The van der Waals surface area contributed by atoms with E-state index in [1.54, 1.807) is 13.8 Å². The third kappa shape index (κ3) is 4.28. The summed E-state index contributed by atoms with van der Waals surface area (Å²) in [5, 5.41) is 2.64. The lowest BCUT2D eigenvalue weighted by atomic mass is 10.1. The predicted octanol–water partition coefficient (Wildman–Crippen LogP) is -0.340. The van der Waals surface area contributed by atoms with Gasteiger partial charge in [-0.3, -0.25) is 14.5 Å². The van der Waals surface area contributed by atoms with E-state index in [9.17, 15) is 9.59 Å². The fourth-order valence-corrected chi connectivity index (χ4v) is 1.50. The maximum atomic E-state index is 11.3. The molecule has 1 saturated heterocycles. The molecule has 16 heavy (non-hydrogen) atoms. The second kappa shape index (κ2) is 6.60. The van der Waals surface area contributed by atoms with E-state index in [1.165, 1.54) is 0 Å². The highest BCUT2D eigenvalue weighted by molar-refractivity contribution is 6.36. The number of morpholine rings is 1. The molecule has 0 unspecified atom stereocenters. The van der Waals surface area contributed by atoms with Gasteiger partial charge in [0.05, 0.1) is 13.2 Å². The Kier molecular flexibility index (Phi) is 5.42. The number of carbonyl (C=O) groups is 2. The van der Waals surface area contributed by atoms with Crippen LogP contribution in [-0.4, -0.2) is 56.0 Å². The molecule has 5 heteroatoms. The Morgan fingerprint density at radius 1 is 1.31 bits per heavy atom. The van der Waals surface area contributed by atoms with Crippen molar-refractivity contribution in [1.29, 1.82) is 0 Å². The van der Waals surface area contributed by atoms with Crippen LogP contribution in [0.2, 0.25) is 0 Å². The van der Waals surface area contributed by atoms with Crippen LogP contribution in [0.5, 0.6) is 0 Å². The number of hydrogen-bond donors (Lipinski definition) is 1. The van der Waals surface area contributed by atoms with Crippen LogP contribution in [0.1, 0.15) is 13.8 Å². The molecule has 1 heterocycles. The molecule has 0 aromatic rings. The highest BCUT2D eigenvalue weighted by atomic mass is 16.5. The van der Waals surface area contributed by atoms with Crippen LogP contribution in [-0.2, 0) is 14.3 Å². The summed E-state index contributed by atoms with van der Waals surface area (Å²) in [6, 6.07) is 0. The molecular weight excluding hydrogens is 208 g/mol. The van der Waals surface area contributed by atoms with E-state index in [-0.39, 0.29) is 11.7 Å². The van der Waals surface area contributed by atoms with Crippen molar-refractivity contribution in [1.82, 2.24) is 10.2 Å². The monoisotopic (exact) mass is 228 g/mol. The molecule has 0 spiro atoms. The lowest BCUT2D eigenvalue weighted by Crippen LogP contribution is -2.43. The SMILES string of the molecule is CC(C)C(=O)C(=O)NCCN1CCOCC1. The van der Waals surface area contributed by atoms with Gasteiger partial charge in [-0.05, 0) is 0 Å². The van der Waals surface area contributed by atoms with E-state index in [2.05, 4.69) is 10.2 Å². The molecule has 0 atom stereocenters. The Morgan fingerprint density at radius 2 is 1.94 bits per heavy atom. The number of ketones is 1. The van der Waals surface area contributed by atoms with Crippen molar-refractivity contribution in [3.8, 4) is 0 Å². The number of Topliss-reactive ketones (excluding diaryl/α,β-unsaturated/α-hetero) is 1. The first-order valence-corrected chi connectivity index (χ1v) is 5.73. The molecule has 0 aromatic carbocycles. The minimum absolute atomic E-state index is 0.233. The fraction of sp³-hybridized carbons (Fsp3) is 0.818. The van der Waals surface area contributed by atoms with Gasteiger partial charge in [0.2, 0.25) is 5.78 Å². The molecule has 92 valence electrons. The topological polar surface area (TPSA) is 58.6 Å². The van der Waals surface area contributed by atoms with E-state index in [4.69, 9.17) is 4.74 Å². The molecule has 0 saturated carbocycles. The van der Waals surface area contributed by atoms with Gasteiger partial charge in [0.15, 0.2) is 0 Å². The summed E-state index contributed by atoms with van der Waals surface area (Å²) in [5.41, 5.74) is 0. The first-order chi connectivity index (χ1) is 7.61. The first-order valence-electron chi connectivity index (χ1n) is 5.73. The number of nitrogens with one attached hydrogen (secondary N) is 1. The lowest BCUT2D eigenvalue weighted by molar-refractivity contribution is -0.139. The molecule has 0 radical (unpaired) electrons. The van der Waals surface area contributed by atoms with Crippen LogP contribution in [0.25, 0.3) is 0 Å². The minimum atomic E-state index is -0.469. The number of amides is 1. The van der Waals surface area contributed by atoms with Gasteiger partial charge in [0, 0.05) is 32.1 Å². The highest BCUT2D eigenvalue weighted by Crippen LogP contribution is 1.96. The van der Waals surface area contributed by atoms with Gasteiger partial charge in [-0.25, -0.2) is 0 Å². The third-order valence-corrected chi connectivity index (χ3v) is 2.57. The molecule has 1 aliphatic heterocycles. The molecule has 0 aliphatic carbocycles. The lowest BCUT2D eigenvalue weighted by Gasteiger charge is -2.26. The van der Waals surface area contributed by atoms with E-state index < -0.39 is 5.91 Å². The molecule has 1 N–H and O–H groups in total. The largest absolute Gasteiger partial charge is 0.379 e. The maximum absolute atomic E-state index is 11.3. The van der Waals surface area contributed by atoms with Gasteiger partial charge in [0.1, 0.15) is 0 Å². The van der Waals surface area contributed by atoms with E-state index in [1.807, 2.05) is 0 Å². The van der Waals surface area contributed by atoms with E-state index in [0.717, 1.165) is 32.8 Å². The Balaban J connectivity index is 2.14. The number of ether oxygens (including phenoxy) is 1. The van der Waals surface area contributed by atoms with Gasteiger partial charge < -0.3 is 10.1 Å². The van der Waals surface area contributed by atoms with Gasteiger partial charge in [-0.2, -0.15) is 0 Å². The van der Waals surface area contributed by atoms with Crippen LogP contribution >= 0.6 is 0 Å². The Labute approximate surface area is 96.1 Å². The van der Waals surface area contributed by atoms with Crippen molar-refractivity contribution >= 4 is 11.7 Å². The maximum Gasteiger partial charge on any atom is 0.287 e. The summed E-state index contributed by atoms with van der Waals surface area (Å²) in [5.74, 6) is -1.05. The quantitative estimate of drug-likeness (QED) is 0.654. The third-order valence-electron chi connectivity index (χ3n) is 2.57. The Bertz CT molecular complexity index is 248. The number of nitrogens with zero attached hydrogens (tertiary/aromatic N) is 1. The summed E-state index contributed by atoms with van der Waals surface area (Å²) in [4.78, 5) is 24.8. The van der Waals surface area contributed by atoms with Crippen molar-refractivity contribution in [2.45, 2.75) is 13.8 Å². The van der Waals surface area contributed by atoms with Crippen LogP contribution in [0, 0.1) is 5.92 Å². The van der Waals surface area contributed by atoms with Crippen molar-refractivity contribution in [2.24, 2.45) is 5.92 Å². The van der Waals surface area contributed by atoms with Crippen molar-refractivity contribution in [2.75, 3.05) is 39.4 Å². The average Bonchev–Trinajstić information content (AvgIpc) is 2.29. The molecule has 0 aromatic heterocycles. The molecular formula is C11H20N2O3. The zero-order valence-electron chi connectivity index (χ0n) is 9.99. The van der Waals surface area contributed by atoms with Crippen LogP contribution in [0.3, 0.4) is 0 Å². The van der Waals surface area contributed by atoms with Crippen molar-refractivity contribution in [3.63, 3.8) is 0 Å². The number of hydrogen-bond acceptors (Lipinski definition) is 4. The first kappa shape index (κ1) is 13.1. The highest BCUT2D eigenvalue weighted by Gasteiger charge is 2.17. The molecule has 5 nitrogen and oxygen atoms in total. The van der Waals surface area contributed by atoms with Crippen LogP contribution in [0.15, 0.2) is 0 Å². The molecule has 0 bridgehead atoms. The van der Waals surface area contributed by atoms with E-state index in [0.29, 0.717) is 6.54 Å². The summed E-state index contributed by atoms with van der Waals surface area (Å²) < 4.78 is 5.21. The van der Waals surface area contributed by atoms with E-state index >= 15 is 0 Å². The molecule has 1 aliphatic rings. The second-order valence-corrected chi connectivity index (χ2v) is 4.23. The zero-order valence-corrected chi connectivity index (χ0v) is 9.99. The van der Waals surface area contributed by atoms with Crippen LogP contribution in [0.4, 0.5) is 0 Å². The molecule has 1 amide bonds. The van der Waals surface area contributed by atoms with Gasteiger partial charge in [0.25, 0.3) is 5.91 Å². The smallest absolute Gasteiger partial charge is 0.287 e. The normalized spacial score (nSPS) is 17.4. The van der Waals surface area contributed by atoms with Gasteiger partial charge in [-0.15, -0.1) is 0 Å². The van der Waals surface area contributed by atoms with Crippen molar-refractivity contribution < 1.29 is 14.3 Å². The van der Waals surface area contributed by atoms with Gasteiger partial charge in [-0.1, -0.05) is 13.8 Å². The summed E-state index contributed by atoms with van der Waals surface area (Å²) in [6.07, 6.45) is 0. The number of rotatable bonds is 5. The zero-order chi connectivity index (χ0) is 12.0. The molecule has 1 fully saturated rings. The number of carbonyl (C=O) groups excluding carboxylic acids is 2. The standard InChI is InChI=1S/C11H20N2O3/c1-9(2)10(14)11(15)12-3-4-13-5-7-16-8-6-13/h9H,3-8H2,1-2H3,(H,12,15). The Morgan fingerprint density at radius 3 is 2.50 bits per heavy atom. The summed E-state index contributed by atoms with van der Waals surface area (Å²) >= 11 is 0. The minimum Gasteiger partial charge on any atom is -0.379 e. The predicted molar refractivity (Wildman–Crippen MR) is 60.1 cm³/mol.